The van der Waals surface area contributed by atoms with E-state index in [1.807, 2.05) is 6.07 Å². The van der Waals surface area contributed by atoms with Crippen LogP contribution in [-0.4, -0.2) is 30.5 Å². The van der Waals surface area contributed by atoms with Crippen molar-refractivity contribution < 1.29 is 14.3 Å². The lowest BCUT2D eigenvalue weighted by Gasteiger charge is -2.22. The van der Waals surface area contributed by atoms with E-state index in [0.29, 0.717) is 36.2 Å². The summed E-state index contributed by atoms with van der Waals surface area (Å²) in [6.07, 6.45) is 6.03. The summed E-state index contributed by atoms with van der Waals surface area (Å²) in [6, 6.07) is 5.65. The third-order valence-electron chi connectivity index (χ3n) is 4.61. The van der Waals surface area contributed by atoms with E-state index in [-0.39, 0.29) is 11.8 Å². The molecule has 2 aliphatic rings. The molecule has 5 nitrogen and oxygen atoms in total. The van der Waals surface area contributed by atoms with Crippen LogP contribution in [0.4, 0.5) is 0 Å². The summed E-state index contributed by atoms with van der Waals surface area (Å²) in [5, 5.41) is 6.47. The van der Waals surface area contributed by atoms with Crippen molar-refractivity contribution in [2.45, 2.75) is 57.1 Å². The minimum absolute atomic E-state index is 0.00427. The van der Waals surface area contributed by atoms with Crippen molar-refractivity contribution in [1.29, 1.82) is 0 Å². The molecule has 24 heavy (non-hydrogen) atoms. The standard InChI is InChI=1S/C18H23ClN2O3/c19-13-6-7-15-12(10-13)11-16(24-15)18(23)20-9-8-17(22)21-14-4-2-1-3-5-14/h6-7,10,14,16H,1-5,8-9,11H2,(H,20,23)(H,21,22). The molecular formula is C18H23ClN2O3. The molecule has 3 rings (SSSR count). The van der Waals surface area contributed by atoms with Crippen LogP contribution in [-0.2, 0) is 16.0 Å². The van der Waals surface area contributed by atoms with Crippen molar-refractivity contribution >= 4 is 23.4 Å². The predicted molar refractivity (Wildman–Crippen MR) is 92.2 cm³/mol. The van der Waals surface area contributed by atoms with Crippen LogP contribution in [0.3, 0.4) is 0 Å². The van der Waals surface area contributed by atoms with Crippen LogP contribution in [0, 0.1) is 0 Å². The van der Waals surface area contributed by atoms with Gasteiger partial charge in [0.15, 0.2) is 6.10 Å². The summed E-state index contributed by atoms with van der Waals surface area (Å²) >= 11 is 5.95. The summed E-state index contributed by atoms with van der Waals surface area (Å²) in [5.74, 6) is 0.520. The Labute approximate surface area is 147 Å². The number of amides is 2. The zero-order valence-electron chi connectivity index (χ0n) is 13.6. The van der Waals surface area contributed by atoms with Gasteiger partial charge in [0.1, 0.15) is 5.75 Å². The van der Waals surface area contributed by atoms with Gasteiger partial charge in [0.05, 0.1) is 0 Å². The summed E-state index contributed by atoms with van der Waals surface area (Å²) in [7, 11) is 0. The smallest absolute Gasteiger partial charge is 0.261 e. The van der Waals surface area contributed by atoms with Crippen LogP contribution in [0.25, 0.3) is 0 Å². The molecule has 1 aromatic rings. The number of nitrogens with one attached hydrogen (secondary N) is 2. The second kappa shape index (κ2) is 7.88. The van der Waals surface area contributed by atoms with Crippen molar-refractivity contribution in [2.75, 3.05) is 6.54 Å². The quantitative estimate of drug-likeness (QED) is 0.857. The highest BCUT2D eigenvalue weighted by atomic mass is 35.5. The van der Waals surface area contributed by atoms with E-state index in [9.17, 15) is 9.59 Å². The van der Waals surface area contributed by atoms with Gasteiger partial charge in [-0.2, -0.15) is 0 Å². The van der Waals surface area contributed by atoms with E-state index < -0.39 is 6.10 Å². The van der Waals surface area contributed by atoms with Gasteiger partial charge >= 0.3 is 0 Å². The van der Waals surface area contributed by atoms with Crippen molar-refractivity contribution in [1.82, 2.24) is 10.6 Å². The molecule has 0 aromatic heterocycles. The van der Waals surface area contributed by atoms with Gasteiger partial charge in [-0.25, -0.2) is 0 Å². The highest BCUT2D eigenvalue weighted by Crippen LogP contribution is 2.31. The van der Waals surface area contributed by atoms with Gasteiger partial charge in [-0.05, 0) is 36.6 Å². The highest BCUT2D eigenvalue weighted by molar-refractivity contribution is 6.30. The Morgan fingerprint density at radius 3 is 2.79 bits per heavy atom. The van der Waals surface area contributed by atoms with Gasteiger partial charge in [-0.15, -0.1) is 0 Å². The first-order valence-electron chi connectivity index (χ1n) is 8.64. The van der Waals surface area contributed by atoms with E-state index in [1.54, 1.807) is 12.1 Å². The molecule has 1 aromatic carbocycles. The number of hydrogen-bond acceptors (Lipinski definition) is 3. The molecule has 2 N–H and O–H groups in total. The zero-order valence-corrected chi connectivity index (χ0v) is 14.4. The molecule has 0 radical (unpaired) electrons. The average Bonchev–Trinajstić information content (AvgIpc) is 2.99. The number of hydrogen-bond donors (Lipinski definition) is 2. The van der Waals surface area contributed by atoms with Crippen molar-refractivity contribution in [2.24, 2.45) is 0 Å². The molecule has 1 atom stereocenters. The summed E-state index contributed by atoms with van der Waals surface area (Å²) in [5.41, 5.74) is 0.942. The molecule has 2 amide bonds. The largest absolute Gasteiger partial charge is 0.480 e. The maximum absolute atomic E-state index is 12.2. The molecule has 1 aliphatic heterocycles. The monoisotopic (exact) mass is 350 g/mol. The van der Waals surface area contributed by atoms with Gasteiger partial charge in [0.2, 0.25) is 5.91 Å². The van der Waals surface area contributed by atoms with Crippen molar-refractivity contribution in [3.8, 4) is 5.75 Å². The topological polar surface area (TPSA) is 67.4 Å². The second-order valence-electron chi connectivity index (χ2n) is 6.51. The van der Waals surface area contributed by atoms with E-state index in [1.165, 1.54) is 19.3 Å². The molecular weight excluding hydrogens is 328 g/mol. The Morgan fingerprint density at radius 1 is 1.21 bits per heavy atom. The molecule has 1 heterocycles. The molecule has 0 bridgehead atoms. The Bertz CT molecular complexity index is 614. The number of benzene rings is 1. The molecule has 1 saturated carbocycles. The molecule has 0 saturated heterocycles. The van der Waals surface area contributed by atoms with Gasteiger partial charge in [-0.1, -0.05) is 30.9 Å². The number of carbonyl (C=O) groups is 2. The Hall–Kier alpha value is -1.75. The molecule has 6 heteroatoms. The lowest BCUT2D eigenvalue weighted by atomic mass is 9.95. The molecule has 1 aliphatic carbocycles. The van der Waals surface area contributed by atoms with E-state index in [4.69, 9.17) is 16.3 Å². The predicted octanol–water partition coefficient (Wildman–Crippen LogP) is 2.60. The Morgan fingerprint density at radius 2 is 2.00 bits per heavy atom. The van der Waals surface area contributed by atoms with Gasteiger partial charge in [0.25, 0.3) is 5.91 Å². The van der Waals surface area contributed by atoms with Crippen LogP contribution in [0.15, 0.2) is 18.2 Å². The highest BCUT2D eigenvalue weighted by Gasteiger charge is 2.29. The number of fused-ring (bicyclic) bond motifs is 1. The lowest BCUT2D eigenvalue weighted by Crippen LogP contribution is -2.41. The first-order valence-corrected chi connectivity index (χ1v) is 9.02. The van der Waals surface area contributed by atoms with Crippen LogP contribution in [0.5, 0.6) is 5.75 Å². The van der Waals surface area contributed by atoms with Crippen LogP contribution in [0.1, 0.15) is 44.1 Å². The summed E-state index contributed by atoms with van der Waals surface area (Å²) < 4.78 is 5.63. The number of carbonyl (C=O) groups excluding carboxylic acids is 2. The SMILES string of the molecule is O=C(CCNC(=O)C1Cc2cc(Cl)ccc2O1)NC1CCCCC1. The maximum Gasteiger partial charge on any atom is 0.261 e. The third-order valence-corrected chi connectivity index (χ3v) is 4.85. The van der Waals surface area contributed by atoms with Crippen molar-refractivity contribution in [3.05, 3.63) is 28.8 Å². The van der Waals surface area contributed by atoms with Gasteiger partial charge in [0, 0.05) is 30.5 Å². The van der Waals surface area contributed by atoms with Crippen LogP contribution >= 0.6 is 11.6 Å². The second-order valence-corrected chi connectivity index (χ2v) is 6.94. The first-order chi connectivity index (χ1) is 11.6. The van der Waals surface area contributed by atoms with E-state index >= 15 is 0 Å². The fourth-order valence-corrected chi connectivity index (χ4v) is 3.52. The number of halogens is 1. The Balaban J connectivity index is 1.38. The minimum Gasteiger partial charge on any atom is -0.480 e. The van der Waals surface area contributed by atoms with Gasteiger partial charge in [-0.3, -0.25) is 9.59 Å². The van der Waals surface area contributed by atoms with Crippen LogP contribution < -0.4 is 15.4 Å². The minimum atomic E-state index is -0.542. The molecule has 0 spiro atoms. The van der Waals surface area contributed by atoms with Crippen molar-refractivity contribution in [3.63, 3.8) is 0 Å². The molecule has 1 unspecified atom stereocenters. The fraction of sp³-hybridized carbons (Fsp3) is 0.556. The maximum atomic E-state index is 12.2. The lowest BCUT2D eigenvalue weighted by molar-refractivity contribution is -0.127. The fourth-order valence-electron chi connectivity index (χ4n) is 3.32. The van der Waals surface area contributed by atoms with Gasteiger partial charge < -0.3 is 15.4 Å². The van der Waals surface area contributed by atoms with Crippen LogP contribution in [0.2, 0.25) is 5.02 Å². The first kappa shape index (κ1) is 17.1. The van der Waals surface area contributed by atoms with E-state index in [0.717, 1.165) is 18.4 Å². The number of rotatable bonds is 5. The summed E-state index contributed by atoms with van der Waals surface area (Å²) in [4.78, 5) is 24.1. The third kappa shape index (κ3) is 4.41. The molecule has 1 fully saturated rings. The zero-order chi connectivity index (χ0) is 16.9. The Kier molecular flexibility index (Phi) is 5.61. The molecule has 130 valence electrons. The normalized spacial score (nSPS) is 20.1. The summed E-state index contributed by atoms with van der Waals surface area (Å²) in [6.45, 7) is 0.328. The van der Waals surface area contributed by atoms with E-state index in [2.05, 4.69) is 10.6 Å². The number of ether oxygens (including phenoxy) is 1. The average molecular weight is 351 g/mol.